The maximum absolute atomic E-state index is 11.4. The van der Waals surface area contributed by atoms with Gasteiger partial charge in [0.25, 0.3) is 0 Å². The molecule has 1 atom stereocenters. The Bertz CT molecular complexity index is 1270. The highest BCUT2D eigenvalue weighted by atomic mass is 32.2. The molecule has 4 heterocycles. The van der Waals surface area contributed by atoms with Crippen LogP contribution in [0.1, 0.15) is 24.1 Å². The molecule has 162 valence electrons. The van der Waals surface area contributed by atoms with Crippen LogP contribution in [0.25, 0.3) is 33.2 Å². The van der Waals surface area contributed by atoms with Crippen molar-refractivity contribution < 1.29 is 13.5 Å². The first kappa shape index (κ1) is 20.3. The van der Waals surface area contributed by atoms with Gasteiger partial charge in [-0.15, -0.1) is 5.10 Å². The number of rotatable bonds is 5. The predicted octanol–water partition coefficient (Wildman–Crippen LogP) is 3.44. The summed E-state index contributed by atoms with van der Waals surface area (Å²) in [7, 11) is 1.89. The molecule has 3 aromatic heterocycles. The number of aromatic nitrogens is 5. The van der Waals surface area contributed by atoms with Gasteiger partial charge in [0, 0.05) is 44.0 Å². The fourth-order valence-corrected chi connectivity index (χ4v) is 5.06. The zero-order chi connectivity index (χ0) is 21.5. The molecule has 1 aliphatic heterocycles. The van der Waals surface area contributed by atoms with E-state index in [9.17, 15) is 8.76 Å². The molecular formula is C22H25N5O3S. The van der Waals surface area contributed by atoms with E-state index < -0.39 is 11.1 Å². The zero-order valence-electron chi connectivity index (χ0n) is 17.6. The Labute approximate surface area is 182 Å². The van der Waals surface area contributed by atoms with Crippen LogP contribution >= 0.6 is 0 Å². The van der Waals surface area contributed by atoms with E-state index in [-0.39, 0.29) is 5.75 Å². The first-order valence-electron chi connectivity index (χ1n) is 10.4. The third-order valence-electron chi connectivity index (χ3n) is 6.11. The largest absolute Gasteiger partial charge is 0.381 e. The molecule has 0 amide bonds. The zero-order valence-corrected chi connectivity index (χ0v) is 18.4. The van der Waals surface area contributed by atoms with Crippen LogP contribution in [0.2, 0.25) is 0 Å². The highest BCUT2D eigenvalue weighted by Crippen LogP contribution is 2.33. The van der Waals surface area contributed by atoms with Crippen LogP contribution in [-0.2, 0) is 35.2 Å². The minimum Gasteiger partial charge on any atom is -0.381 e. The molecule has 8 nitrogen and oxygen atoms in total. The van der Waals surface area contributed by atoms with E-state index in [1.807, 2.05) is 38.4 Å². The number of nitrogens with zero attached hydrogens (tertiary/aromatic N) is 5. The monoisotopic (exact) mass is 439 g/mol. The topological polar surface area (TPSA) is 95.1 Å². The summed E-state index contributed by atoms with van der Waals surface area (Å²) in [6, 6.07) is 8.13. The Morgan fingerprint density at radius 2 is 2.03 bits per heavy atom. The third kappa shape index (κ3) is 3.77. The van der Waals surface area contributed by atoms with Crippen LogP contribution in [0.5, 0.6) is 0 Å². The average molecular weight is 440 g/mol. The fraction of sp³-hybridized carbons (Fsp3) is 0.409. The summed E-state index contributed by atoms with van der Waals surface area (Å²) >= 11 is -1.88. The molecule has 5 rings (SSSR count). The number of ether oxygens (including phenoxy) is 1. The Morgan fingerprint density at radius 1 is 1.23 bits per heavy atom. The standard InChI is InChI=1S/C22H25N5O3S/c1-14-22(26(2)25-24-14)17-10-20-21(23-11-17)18-4-3-16(13-31(28)29)9-19(18)27(20)12-15-5-7-30-8-6-15/h3-4,9-11,15H,5-8,12-13H2,1-2H3,(H,28,29). The molecule has 0 saturated carbocycles. The molecule has 1 aromatic carbocycles. The molecule has 1 unspecified atom stereocenters. The predicted molar refractivity (Wildman–Crippen MR) is 120 cm³/mol. The van der Waals surface area contributed by atoms with Crippen LogP contribution in [0.3, 0.4) is 0 Å². The summed E-state index contributed by atoms with van der Waals surface area (Å²) in [4.78, 5) is 4.83. The maximum atomic E-state index is 11.4. The molecule has 0 spiro atoms. The quantitative estimate of drug-likeness (QED) is 0.479. The van der Waals surface area contributed by atoms with Crippen molar-refractivity contribution in [1.82, 2.24) is 24.5 Å². The molecule has 0 radical (unpaired) electrons. The Morgan fingerprint density at radius 3 is 2.74 bits per heavy atom. The van der Waals surface area contributed by atoms with Crippen LogP contribution in [0.15, 0.2) is 30.5 Å². The van der Waals surface area contributed by atoms with E-state index in [1.165, 1.54) is 0 Å². The van der Waals surface area contributed by atoms with Crippen molar-refractivity contribution >= 4 is 33.0 Å². The van der Waals surface area contributed by atoms with E-state index in [2.05, 4.69) is 20.9 Å². The Hall–Kier alpha value is -2.62. The molecular weight excluding hydrogens is 414 g/mol. The van der Waals surface area contributed by atoms with Gasteiger partial charge in [0.15, 0.2) is 11.1 Å². The number of fused-ring (bicyclic) bond motifs is 3. The fourth-order valence-electron chi connectivity index (χ4n) is 4.60. The molecule has 1 saturated heterocycles. The number of pyridine rings is 1. The SMILES string of the molecule is Cc1nnn(C)c1-c1cnc2c3ccc(CS(=O)O)cc3n(CC3CCOCC3)c2c1. The van der Waals surface area contributed by atoms with Crippen LogP contribution in [-0.4, -0.2) is 46.5 Å². The van der Waals surface area contributed by atoms with E-state index >= 15 is 0 Å². The van der Waals surface area contributed by atoms with Crippen LogP contribution in [0.4, 0.5) is 0 Å². The minimum absolute atomic E-state index is 0.118. The number of aryl methyl sites for hydroxylation is 2. The molecule has 1 N–H and O–H groups in total. The lowest BCUT2D eigenvalue weighted by Gasteiger charge is -2.23. The van der Waals surface area contributed by atoms with Gasteiger partial charge in [0.05, 0.1) is 33.7 Å². The third-order valence-corrected chi connectivity index (χ3v) is 6.69. The Kier molecular flexibility index (Phi) is 5.33. The van der Waals surface area contributed by atoms with Gasteiger partial charge in [-0.3, -0.25) is 4.98 Å². The lowest BCUT2D eigenvalue weighted by Crippen LogP contribution is -2.20. The van der Waals surface area contributed by atoms with Gasteiger partial charge in [0.1, 0.15) is 0 Å². The molecule has 4 aromatic rings. The van der Waals surface area contributed by atoms with E-state index in [0.717, 1.165) is 77.1 Å². The summed E-state index contributed by atoms with van der Waals surface area (Å²) in [5.74, 6) is 0.639. The van der Waals surface area contributed by atoms with Crippen molar-refractivity contribution in [2.24, 2.45) is 13.0 Å². The van der Waals surface area contributed by atoms with Crippen LogP contribution in [0, 0.1) is 12.8 Å². The summed E-state index contributed by atoms with van der Waals surface area (Å²) in [6.45, 7) is 4.40. The second-order valence-electron chi connectivity index (χ2n) is 8.22. The molecule has 31 heavy (non-hydrogen) atoms. The van der Waals surface area contributed by atoms with Gasteiger partial charge in [-0.2, -0.15) is 0 Å². The lowest BCUT2D eigenvalue weighted by atomic mass is 10.0. The summed E-state index contributed by atoms with van der Waals surface area (Å²) < 4.78 is 30.4. The molecule has 9 heteroatoms. The molecule has 1 aliphatic rings. The average Bonchev–Trinajstić information content (AvgIpc) is 3.24. The second-order valence-corrected chi connectivity index (χ2v) is 9.15. The van der Waals surface area contributed by atoms with Crippen molar-refractivity contribution in [3.05, 3.63) is 41.7 Å². The summed E-state index contributed by atoms with van der Waals surface area (Å²) in [6.07, 6.45) is 3.93. The normalized spacial score (nSPS) is 16.4. The van der Waals surface area contributed by atoms with Gasteiger partial charge in [-0.1, -0.05) is 17.3 Å². The van der Waals surface area contributed by atoms with Gasteiger partial charge in [0.2, 0.25) is 0 Å². The molecule has 1 fully saturated rings. The van der Waals surface area contributed by atoms with Gasteiger partial charge in [-0.05, 0) is 43.4 Å². The van der Waals surface area contributed by atoms with E-state index in [1.54, 1.807) is 4.68 Å². The highest BCUT2D eigenvalue weighted by molar-refractivity contribution is 7.78. The lowest BCUT2D eigenvalue weighted by molar-refractivity contribution is 0.0620. The first-order chi connectivity index (χ1) is 15.0. The van der Waals surface area contributed by atoms with Crippen molar-refractivity contribution in [3.8, 4) is 11.3 Å². The van der Waals surface area contributed by atoms with Crippen molar-refractivity contribution in [3.63, 3.8) is 0 Å². The second kappa shape index (κ2) is 8.14. The smallest absolute Gasteiger partial charge is 0.157 e. The van der Waals surface area contributed by atoms with Crippen LogP contribution < -0.4 is 0 Å². The van der Waals surface area contributed by atoms with Crippen molar-refractivity contribution in [2.45, 2.75) is 32.1 Å². The van der Waals surface area contributed by atoms with Gasteiger partial charge >= 0.3 is 0 Å². The maximum Gasteiger partial charge on any atom is 0.157 e. The first-order valence-corrected chi connectivity index (χ1v) is 11.7. The number of hydrogen-bond donors (Lipinski definition) is 1. The molecule has 0 bridgehead atoms. The van der Waals surface area contributed by atoms with Gasteiger partial charge in [-0.25, -0.2) is 8.89 Å². The summed E-state index contributed by atoms with van der Waals surface area (Å²) in [5, 5.41) is 9.38. The minimum atomic E-state index is -1.88. The molecule has 0 aliphatic carbocycles. The highest BCUT2D eigenvalue weighted by Gasteiger charge is 2.20. The van der Waals surface area contributed by atoms with E-state index in [4.69, 9.17) is 9.72 Å². The van der Waals surface area contributed by atoms with Crippen molar-refractivity contribution in [2.75, 3.05) is 13.2 Å². The van der Waals surface area contributed by atoms with E-state index in [0.29, 0.717) is 5.92 Å². The summed E-state index contributed by atoms with van der Waals surface area (Å²) in [5.41, 5.74) is 6.68. The number of benzene rings is 1. The Balaban J connectivity index is 1.71. The van der Waals surface area contributed by atoms with Crippen molar-refractivity contribution in [1.29, 1.82) is 0 Å². The number of hydrogen-bond acceptors (Lipinski definition) is 5. The van der Waals surface area contributed by atoms with Gasteiger partial charge < -0.3 is 13.9 Å².